The standard InChI is InChI=1S/C35H32N2O6S/c1-2-42-35(39)26-14-16-30(17-15-26)37-34(38)23-29(28-13-12-25-8-6-7-9-27(25)22-28)24-36-44(40,41)33-20-18-32(19-21-33)43-31-10-4-3-5-11-31/h3-22,29,36H,2,23-24H2,1H3,(H,37,38). The van der Waals surface area contributed by atoms with Crippen molar-refractivity contribution in [3.05, 3.63) is 132 Å². The van der Waals surface area contributed by atoms with Crippen LogP contribution in [0.25, 0.3) is 10.8 Å². The predicted molar refractivity (Wildman–Crippen MR) is 170 cm³/mol. The largest absolute Gasteiger partial charge is 0.462 e. The van der Waals surface area contributed by atoms with Crippen molar-refractivity contribution in [2.24, 2.45) is 0 Å². The van der Waals surface area contributed by atoms with Crippen LogP contribution in [0.15, 0.2) is 126 Å². The minimum atomic E-state index is -3.89. The molecule has 2 N–H and O–H groups in total. The number of ether oxygens (including phenoxy) is 2. The zero-order valence-electron chi connectivity index (χ0n) is 24.1. The van der Waals surface area contributed by atoms with Crippen molar-refractivity contribution in [1.29, 1.82) is 0 Å². The number of benzene rings is 5. The molecule has 8 nitrogen and oxygen atoms in total. The molecule has 1 amide bonds. The molecule has 0 aliphatic heterocycles. The van der Waals surface area contributed by atoms with Gasteiger partial charge in [0.25, 0.3) is 0 Å². The Hall–Kier alpha value is -4.99. The zero-order chi connectivity index (χ0) is 30.9. The van der Waals surface area contributed by atoms with Gasteiger partial charge in [0, 0.05) is 24.6 Å². The van der Waals surface area contributed by atoms with Crippen LogP contribution in [0.3, 0.4) is 0 Å². The van der Waals surface area contributed by atoms with Gasteiger partial charge in [-0.3, -0.25) is 4.79 Å². The van der Waals surface area contributed by atoms with E-state index in [1.165, 1.54) is 12.1 Å². The van der Waals surface area contributed by atoms with Crippen molar-refractivity contribution in [2.75, 3.05) is 18.5 Å². The van der Waals surface area contributed by atoms with Gasteiger partial charge in [0.15, 0.2) is 0 Å². The number of carbonyl (C=O) groups excluding carboxylic acids is 2. The number of hydrogen-bond donors (Lipinski definition) is 2. The lowest BCUT2D eigenvalue weighted by atomic mass is 9.93. The van der Waals surface area contributed by atoms with Crippen LogP contribution in [-0.4, -0.2) is 33.4 Å². The fraction of sp³-hybridized carbons (Fsp3) is 0.143. The number of rotatable bonds is 12. The van der Waals surface area contributed by atoms with Crippen LogP contribution in [0.2, 0.25) is 0 Å². The molecule has 0 saturated heterocycles. The lowest BCUT2D eigenvalue weighted by Gasteiger charge is -2.19. The summed E-state index contributed by atoms with van der Waals surface area (Å²) in [7, 11) is -3.89. The van der Waals surface area contributed by atoms with E-state index in [1.54, 1.807) is 43.3 Å². The van der Waals surface area contributed by atoms with Crippen molar-refractivity contribution >= 4 is 38.4 Å². The van der Waals surface area contributed by atoms with Gasteiger partial charge in [0.05, 0.1) is 17.1 Å². The van der Waals surface area contributed by atoms with Gasteiger partial charge in [-0.1, -0.05) is 60.7 Å². The van der Waals surface area contributed by atoms with E-state index in [1.807, 2.05) is 72.8 Å². The van der Waals surface area contributed by atoms with E-state index >= 15 is 0 Å². The van der Waals surface area contributed by atoms with Crippen LogP contribution < -0.4 is 14.8 Å². The number of hydrogen-bond acceptors (Lipinski definition) is 6. The Morgan fingerprint density at radius 2 is 1.41 bits per heavy atom. The maximum Gasteiger partial charge on any atom is 0.338 e. The molecule has 0 radical (unpaired) electrons. The number of anilines is 1. The Bertz CT molecular complexity index is 1840. The number of nitrogens with one attached hydrogen (secondary N) is 2. The summed E-state index contributed by atoms with van der Waals surface area (Å²) in [6.07, 6.45) is 0.0182. The number of sulfonamides is 1. The predicted octanol–water partition coefficient (Wildman–Crippen LogP) is 6.90. The molecule has 0 spiro atoms. The fourth-order valence-electron chi connectivity index (χ4n) is 4.71. The average molecular weight is 609 g/mol. The Kier molecular flexibility index (Phi) is 9.69. The molecule has 0 fully saturated rings. The molecule has 1 unspecified atom stereocenters. The molecule has 0 heterocycles. The van der Waals surface area contributed by atoms with Gasteiger partial charge in [-0.15, -0.1) is 0 Å². The summed E-state index contributed by atoms with van der Waals surface area (Å²) in [5, 5.41) is 4.88. The number of carbonyl (C=O) groups is 2. The fourth-order valence-corrected chi connectivity index (χ4v) is 5.80. The van der Waals surface area contributed by atoms with Crippen molar-refractivity contribution in [3.63, 3.8) is 0 Å². The van der Waals surface area contributed by atoms with Crippen molar-refractivity contribution in [1.82, 2.24) is 4.72 Å². The lowest BCUT2D eigenvalue weighted by Crippen LogP contribution is -2.30. The molecule has 0 bridgehead atoms. The van der Waals surface area contributed by atoms with Gasteiger partial charge in [-0.05, 0) is 83.9 Å². The molecule has 0 aromatic heterocycles. The second-order valence-electron chi connectivity index (χ2n) is 10.1. The third-order valence-corrected chi connectivity index (χ3v) is 8.43. The first kappa shape index (κ1) is 30.5. The molecule has 0 saturated carbocycles. The molecule has 9 heteroatoms. The second-order valence-corrected chi connectivity index (χ2v) is 11.9. The minimum absolute atomic E-state index is 0.00183. The summed E-state index contributed by atoms with van der Waals surface area (Å²) in [6, 6.07) is 35.5. The van der Waals surface area contributed by atoms with Gasteiger partial charge in [0.2, 0.25) is 15.9 Å². The van der Waals surface area contributed by atoms with Crippen LogP contribution in [0.5, 0.6) is 11.5 Å². The summed E-state index contributed by atoms with van der Waals surface area (Å²) >= 11 is 0. The van der Waals surface area contributed by atoms with Gasteiger partial charge in [0.1, 0.15) is 11.5 Å². The number of esters is 1. The van der Waals surface area contributed by atoms with E-state index < -0.39 is 21.9 Å². The third-order valence-electron chi connectivity index (χ3n) is 6.99. The monoisotopic (exact) mass is 608 g/mol. The van der Waals surface area contributed by atoms with Crippen molar-refractivity contribution in [2.45, 2.75) is 24.2 Å². The third kappa shape index (κ3) is 7.89. The highest BCUT2D eigenvalue weighted by molar-refractivity contribution is 7.89. The quantitative estimate of drug-likeness (QED) is 0.149. The van der Waals surface area contributed by atoms with E-state index in [-0.39, 0.29) is 30.4 Å². The van der Waals surface area contributed by atoms with Crippen molar-refractivity contribution in [3.8, 4) is 11.5 Å². The summed E-state index contributed by atoms with van der Waals surface area (Å²) < 4.78 is 40.0. The van der Waals surface area contributed by atoms with E-state index in [0.717, 1.165) is 16.3 Å². The summed E-state index contributed by atoms with van der Waals surface area (Å²) in [5.74, 6) is -0.0428. The lowest BCUT2D eigenvalue weighted by molar-refractivity contribution is -0.116. The molecule has 5 rings (SSSR count). The van der Waals surface area contributed by atoms with Crippen LogP contribution in [0.4, 0.5) is 5.69 Å². The first-order valence-electron chi connectivity index (χ1n) is 14.2. The van der Waals surface area contributed by atoms with Crippen LogP contribution in [-0.2, 0) is 19.6 Å². The van der Waals surface area contributed by atoms with Crippen LogP contribution in [0, 0.1) is 0 Å². The summed E-state index contributed by atoms with van der Waals surface area (Å²) in [5.41, 5.74) is 1.72. The number of para-hydroxylation sites is 1. The van der Waals surface area contributed by atoms with E-state index in [2.05, 4.69) is 10.0 Å². The topological polar surface area (TPSA) is 111 Å². The molecular formula is C35H32N2O6S. The highest BCUT2D eigenvalue weighted by atomic mass is 32.2. The highest BCUT2D eigenvalue weighted by Crippen LogP contribution is 2.26. The van der Waals surface area contributed by atoms with E-state index in [4.69, 9.17) is 9.47 Å². The van der Waals surface area contributed by atoms with Gasteiger partial charge < -0.3 is 14.8 Å². The smallest absolute Gasteiger partial charge is 0.338 e. The Morgan fingerprint density at radius 3 is 2.11 bits per heavy atom. The molecule has 5 aromatic rings. The van der Waals surface area contributed by atoms with Gasteiger partial charge >= 0.3 is 5.97 Å². The first-order valence-corrected chi connectivity index (χ1v) is 15.7. The van der Waals surface area contributed by atoms with Gasteiger partial charge in [-0.2, -0.15) is 0 Å². The van der Waals surface area contributed by atoms with Crippen LogP contribution in [0.1, 0.15) is 35.2 Å². The molecule has 0 aliphatic rings. The van der Waals surface area contributed by atoms with Gasteiger partial charge in [-0.25, -0.2) is 17.9 Å². The summed E-state index contributed by atoms with van der Waals surface area (Å²) in [6.45, 7) is 2.00. The number of fused-ring (bicyclic) bond motifs is 1. The average Bonchev–Trinajstić information content (AvgIpc) is 3.04. The molecule has 1 atom stereocenters. The van der Waals surface area contributed by atoms with Crippen molar-refractivity contribution < 1.29 is 27.5 Å². The molecular weight excluding hydrogens is 576 g/mol. The zero-order valence-corrected chi connectivity index (χ0v) is 24.9. The molecule has 0 aliphatic carbocycles. The number of amides is 1. The second kappa shape index (κ2) is 14.0. The molecule has 5 aromatic carbocycles. The van der Waals surface area contributed by atoms with E-state index in [0.29, 0.717) is 22.7 Å². The molecule has 44 heavy (non-hydrogen) atoms. The maximum atomic E-state index is 13.3. The maximum absolute atomic E-state index is 13.3. The Labute approximate surface area is 256 Å². The Morgan fingerprint density at radius 1 is 0.750 bits per heavy atom. The van der Waals surface area contributed by atoms with E-state index in [9.17, 15) is 18.0 Å². The SMILES string of the molecule is CCOC(=O)c1ccc(NC(=O)CC(CNS(=O)(=O)c2ccc(Oc3ccccc3)cc2)c2ccc3ccccc3c2)cc1. The Balaban J connectivity index is 1.30. The molecule has 224 valence electrons. The normalized spacial score (nSPS) is 11.9. The highest BCUT2D eigenvalue weighted by Gasteiger charge is 2.22. The minimum Gasteiger partial charge on any atom is -0.462 e. The van der Waals surface area contributed by atoms with Crippen LogP contribution >= 0.6 is 0 Å². The summed E-state index contributed by atoms with van der Waals surface area (Å²) in [4.78, 5) is 25.2. The first-order chi connectivity index (χ1) is 21.3.